The largest absolute Gasteiger partial charge is 0.493 e. The average Bonchev–Trinajstić information content (AvgIpc) is 2.72. The van der Waals surface area contributed by atoms with Crippen molar-refractivity contribution in [3.63, 3.8) is 0 Å². The first-order chi connectivity index (χ1) is 12.7. The van der Waals surface area contributed by atoms with Crippen LogP contribution in [0.2, 0.25) is 0 Å². The van der Waals surface area contributed by atoms with E-state index in [2.05, 4.69) is 0 Å². The number of morpholine rings is 1. The smallest absolute Gasteiger partial charge is 0.246 e. The molecule has 1 unspecified atom stereocenters. The van der Waals surface area contributed by atoms with Gasteiger partial charge in [-0.05, 0) is 29.3 Å². The molecular weight excluding hydrogens is 330 g/mol. The van der Waals surface area contributed by atoms with E-state index in [1.165, 1.54) is 0 Å². The number of methoxy groups -OCH3 is 2. The second-order valence-electron chi connectivity index (χ2n) is 6.00. The molecule has 136 valence electrons. The Bertz CT molecular complexity index is 773. The predicted octanol–water partition coefficient (Wildman–Crippen LogP) is 3.32. The van der Waals surface area contributed by atoms with Gasteiger partial charge < -0.3 is 19.1 Å². The van der Waals surface area contributed by atoms with Crippen molar-refractivity contribution in [3.8, 4) is 11.5 Å². The van der Waals surface area contributed by atoms with Crippen LogP contribution in [0.5, 0.6) is 11.5 Å². The van der Waals surface area contributed by atoms with Crippen molar-refractivity contribution in [2.24, 2.45) is 0 Å². The van der Waals surface area contributed by atoms with E-state index in [0.29, 0.717) is 31.2 Å². The molecule has 26 heavy (non-hydrogen) atoms. The Morgan fingerprint density at radius 2 is 1.88 bits per heavy atom. The monoisotopic (exact) mass is 353 g/mol. The normalized spacial score (nSPS) is 17.3. The van der Waals surface area contributed by atoms with Crippen molar-refractivity contribution < 1.29 is 19.0 Å². The fourth-order valence-corrected chi connectivity index (χ4v) is 2.95. The second kappa shape index (κ2) is 8.54. The van der Waals surface area contributed by atoms with Crippen LogP contribution in [0.15, 0.2) is 54.6 Å². The zero-order valence-corrected chi connectivity index (χ0v) is 15.1. The Kier molecular flexibility index (Phi) is 5.92. The fourth-order valence-electron chi connectivity index (χ4n) is 2.95. The van der Waals surface area contributed by atoms with E-state index in [1.54, 1.807) is 26.4 Å². The standard InChI is InChI=1S/C21H23NO4/c1-24-18-10-8-16(14-19(18)25-2)9-11-21(23)22-12-13-26-20(15-22)17-6-4-3-5-7-17/h3-11,14,20H,12-13,15H2,1-2H3. The summed E-state index contributed by atoms with van der Waals surface area (Å²) in [7, 11) is 3.19. The lowest BCUT2D eigenvalue weighted by Crippen LogP contribution is -2.41. The first kappa shape index (κ1) is 18.0. The van der Waals surface area contributed by atoms with Crippen LogP contribution in [-0.2, 0) is 9.53 Å². The molecule has 2 aromatic carbocycles. The molecule has 0 aromatic heterocycles. The molecule has 1 amide bonds. The minimum absolute atomic E-state index is 0.0241. The number of carbonyl (C=O) groups is 1. The topological polar surface area (TPSA) is 48.0 Å². The number of benzene rings is 2. The number of nitrogens with zero attached hydrogens (tertiary/aromatic N) is 1. The summed E-state index contributed by atoms with van der Waals surface area (Å²) in [4.78, 5) is 14.4. The highest BCUT2D eigenvalue weighted by atomic mass is 16.5. The van der Waals surface area contributed by atoms with E-state index in [1.807, 2.05) is 53.4 Å². The highest BCUT2D eigenvalue weighted by molar-refractivity contribution is 5.92. The van der Waals surface area contributed by atoms with Crippen LogP contribution in [0, 0.1) is 0 Å². The molecular formula is C21H23NO4. The van der Waals surface area contributed by atoms with E-state index >= 15 is 0 Å². The zero-order chi connectivity index (χ0) is 18.4. The van der Waals surface area contributed by atoms with Crippen LogP contribution in [-0.4, -0.2) is 44.7 Å². The van der Waals surface area contributed by atoms with E-state index in [-0.39, 0.29) is 12.0 Å². The molecule has 0 bridgehead atoms. The Labute approximate surface area is 153 Å². The van der Waals surface area contributed by atoms with Gasteiger partial charge in [0.15, 0.2) is 11.5 Å². The molecule has 1 aliphatic rings. The summed E-state index contributed by atoms with van der Waals surface area (Å²) in [6.45, 7) is 1.69. The minimum Gasteiger partial charge on any atom is -0.493 e. The maximum absolute atomic E-state index is 12.6. The first-order valence-corrected chi connectivity index (χ1v) is 8.57. The van der Waals surface area contributed by atoms with Crippen LogP contribution in [0.3, 0.4) is 0 Å². The van der Waals surface area contributed by atoms with Crippen LogP contribution in [0.1, 0.15) is 17.2 Å². The molecule has 1 aliphatic heterocycles. The first-order valence-electron chi connectivity index (χ1n) is 8.57. The predicted molar refractivity (Wildman–Crippen MR) is 100 cm³/mol. The van der Waals surface area contributed by atoms with Crippen molar-refractivity contribution in [3.05, 3.63) is 65.7 Å². The van der Waals surface area contributed by atoms with E-state index in [4.69, 9.17) is 14.2 Å². The second-order valence-corrected chi connectivity index (χ2v) is 6.00. The third kappa shape index (κ3) is 4.24. The number of ether oxygens (including phenoxy) is 3. The molecule has 0 radical (unpaired) electrons. The van der Waals surface area contributed by atoms with Gasteiger partial charge in [-0.25, -0.2) is 0 Å². The highest BCUT2D eigenvalue weighted by Crippen LogP contribution is 2.28. The summed E-state index contributed by atoms with van der Waals surface area (Å²) < 4.78 is 16.3. The zero-order valence-electron chi connectivity index (χ0n) is 15.1. The molecule has 1 saturated heterocycles. The van der Waals surface area contributed by atoms with E-state index in [0.717, 1.165) is 11.1 Å². The van der Waals surface area contributed by atoms with Crippen molar-refractivity contribution in [1.82, 2.24) is 4.90 Å². The number of rotatable bonds is 5. The van der Waals surface area contributed by atoms with Gasteiger partial charge in [0.2, 0.25) is 5.91 Å². The number of hydrogen-bond acceptors (Lipinski definition) is 4. The molecule has 1 atom stereocenters. The molecule has 5 heteroatoms. The van der Waals surface area contributed by atoms with Crippen molar-refractivity contribution >= 4 is 12.0 Å². The summed E-state index contributed by atoms with van der Waals surface area (Å²) in [6, 6.07) is 15.5. The third-order valence-electron chi connectivity index (χ3n) is 4.38. The lowest BCUT2D eigenvalue weighted by Gasteiger charge is -2.32. The number of hydrogen-bond donors (Lipinski definition) is 0. The Morgan fingerprint density at radius 3 is 2.62 bits per heavy atom. The number of carbonyl (C=O) groups excluding carboxylic acids is 1. The van der Waals surface area contributed by atoms with Crippen LogP contribution >= 0.6 is 0 Å². The molecule has 0 aliphatic carbocycles. The quantitative estimate of drug-likeness (QED) is 0.774. The average molecular weight is 353 g/mol. The SMILES string of the molecule is COc1ccc(C=CC(=O)N2CCOC(c3ccccc3)C2)cc1OC. The lowest BCUT2D eigenvalue weighted by molar-refractivity contribution is -0.133. The molecule has 2 aromatic rings. The Hall–Kier alpha value is -2.79. The van der Waals surface area contributed by atoms with Crippen molar-refractivity contribution in [2.75, 3.05) is 33.9 Å². The maximum Gasteiger partial charge on any atom is 0.246 e. The summed E-state index contributed by atoms with van der Waals surface area (Å²) in [5.41, 5.74) is 1.97. The van der Waals surface area contributed by atoms with Gasteiger partial charge in [0.25, 0.3) is 0 Å². The molecule has 0 N–H and O–H groups in total. The van der Waals surface area contributed by atoms with Gasteiger partial charge in [0.1, 0.15) is 6.10 Å². The van der Waals surface area contributed by atoms with Gasteiger partial charge in [-0.1, -0.05) is 36.4 Å². The maximum atomic E-state index is 12.6. The molecule has 1 heterocycles. The summed E-state index contributed by atoms with van der Waals surface area (Å²) in [5, 5.41) is 0. The van der Waals surface area contributed by atoms with Crippen molar-refractivity contribution in [2.45, 2.75) is 6.10 Å². The van der Waals surface area contributed by atoms with E-state index in [9.17, 15) is 4.79 Å². The number of amides is 1. The molecule has 0 saturated carbocycles. The van der Waals surface area contributed by atoms with Crippen LogP contribution in [0.25, 0.3) is 6.08 Å². The molecule has 3 rings (SSSR count). The van der Waals surface area contributed by atoms with E-state index < -0.39 is 0 Å². The molecule has 0 spiro atoms. The summed E-state index contributed by atoms with van der Waals surface area (Å²) in [6.07, 6.45) is 3.30. The molecule has 1 fully saturated rings. The van der Waals surface area contributed by atoms with Gasteiger partial charge in [-0.3, -0.25) is 4.79 Å². The summed E-state index contributed by atoms with van der Waals surface area (Å²) >= 11 is 0. The van der Waals surface area contributed by atoms with Gasteiger partial charge in [-0.2, -0.15) is 0 Å². The minimum atomic E-state index is -0.0802. The summed E-state index contributed by atoms with van der Waals surface area (Å²) in [5.74, 6) is 1.27. The fraction of sp³-hybridized carbons (Fsp3) is 0.286. The van der Waals surface area contributed by atoms with Gasteiger partial charge >= 0.3 is 0 Å². The van der Waals surface area contributed by atoms with Gasteiger partial charge in [0, 0.05) is 12.6 Å². The lowest BCUT2D eigenvalue weighted by atomic mass is 10.1. The van der Waals surface area contributed by atoms with Gasteiger partial charge in [0.05, 0.1) is 27.4 Å². The Balaban J connectivity index is 1.66. The van der Waals surface area contributed by atoms with Crippen LogP contribution < -0.4 is 9.47 Å². The molecule has 5 nitrogen and oxygen atoms in total. The highest BCUT2D eigenvalue weighted by Gasteiger charge is 2.24. The Morgan fingerprint density at radius 1 is 1.12 bits per heavy atom. The van der Waals surface area contributed by atoms with Gasteiger partial charge in [-0.15, -0.1) is 0 Å². The van der Waals surface area contributed by atoms with Crippen LogP contribution in [0.4, 0.5) is 0 Å². The third-order valence-corrected chi connectivity index (χ3v) is 4.38. The van der Waals surface area contributed by atoms with Crippen molar-refractivity contribution in [1.29, 1.82) is 0 Å².